The van der Waals surface area contributed by atoms with Crippen LogP contribution in [0.4, 0.5) is 5.69 Å². The number of carbonyl (C=O) groups excluding carboxylic acids is 2. The van der Waals surface area contributed by atoms with E-state index in [9.17, 15) is 9.59 Å². The first-order valence-corrected chi connectivity index (χ1v) is 8.95. The SMILES string of the molecule is Cc1ccc(C(=O)NC(C)C)cc1NC(=O)c1ccc(Cn2cnnn2)cc1. The minimum absolute atomic E-state index is 0.0404. The van der Waals surface area contributed by atoms with E-state index in [1.54, 1.807) is 28.9 Å². The second-order valence-electron chi connectivity index (χ2n) is 6.82. The Morgan fingerprint density at radius 1 is 1.04 bits per heavy atom. The maximum absolute atomic E-state index is 12.6. The van der Waals surface area contributed by atoms with E-state index < -0.39 is 0 Å². The summed E-state index contributed by atoms with van der Waals surface area (Å²) in [4.78, 5) is 24.8. The van der Waals surface area contributed by atoms with Gasteiger partial charge in [-0.3, -0.25) is 9.59 Å². The normalized spacial score (nSPS) is 10.7. The number of amides is 2. The van der Waals surface area contributed by atoms with E-state index in [1.165, 1.54) is 6.33 Å². The largest absolute Gasteiger partial charge is 0.350 e. The Labute approximate surface area is 163 Å². The van der Waals surface area contributed by atoms with Gasteiger partial charge in [0.05, 0.1) is 6.54 Å². The van der Waals surface area contributed by atoms with Gasteiger partial charge in [0.1, 0.15) is 6.33 Å². The van der Waals surface area contributed by atoms with Crippen LogP contribution in [-0.2, 0) is 6.54 Å². The maximum atomic E-state index is 12.6. The van der Waals surface area contributed by atoms with Crippen LogP contribution in [0.25, 0.3) is 0 Å². The molecule has 1 heterocycles. The minimum atomic E-state index is -0.238. The highest BCUT2D eigenvalue weighted by atomic mass is 16.2. The number of benzene rings is 2. The topological polar surface area (TPSA) is 102 Å². The number of carbonyl (C=O) groups is 2. The number of tetrazole rings is 1. The molecule has 0 bridgehead atoms. The molecule has 8 heteroatoms. The van der Waals surface area contributed by atoms with Crippen LogP contribution in [0.3, 0.4) is 0 Å². The average molecular weight is 378 g/mol. The summed E-state index contributed by atoms with van der Waals surface area (Å²) in [7, 11) is 0. The van der Waals surface area contributed by atoms with Crippen LogP contribution in [0.2, 0.25) is 0 Å². The number of nitrogens with one attached hydrogen (secondary N) is 2. The van der Waals surface area contributed by atoms with E-state index in [4.69, 9.17) is 0 Å². The summed E-state index contributed by atoms with van der Waals surface area (Å²) < 4.78 is 1.60. The average Bonchev–Trinajstić information content (AvgIpc) is 3.16. The molecule has 0 saturated heterocycles. The third-order valence-corrected chi connectivity index (χ3v) is 4.12. The van der Waals surface area contributed by atoms with E-state index in [0.717, 1.165) is 11.1 Å². The van der Waals surface area contributed by atoms with Crippen LogP contribution in [0.15, 0.2) is 48.8 Å². The lowest BCUT2D eigenvalue weighted by Gasteiger charge is -2.12. The van der Waals surface area contributed by atoms with Gasteiger partial charge in [-0.1, -0.05) is 18.2 Å². The molecule has 0 radical (unpaired) electrons. The van der Waals surface area contributed by atoms with E-state index in [0.29, 0.717) is 23.4 Å². The predicted octanol–water partition coefficient (Wildman–Crippen LogP) is 2.42. The zero-order valence-electron chi connectivity index (χ0n) is 16.0. The summed E-state index contributed by atoms with van der Waals surface area (Å²) in [6.07, 6.45) is 1.53. The molecule has 2 amide bonds. The molecule has 0 aliphatic carbocycles. The first kappa shape index (κ1) is 19.2. The molecule has 144 valence electrons. The quantitative estimate of drug-likeness (QED) is 0.686. The maximum Gasteiger partial charge on any atom is 0.255 e. The Morgan fingerprint density at radius 3 is 2.39 bits per heavy atom. The molecule has 0 fully saturated rings. The lowest BCUT2D eigenvalue weighted by Crippen LogP contribution is -2.30. The van der Waals surface area contributed by atoms with Gasteiger partial charge in [0, 0.05) is 22.9 Å². The summed E-state index contributed by atoms with van der Waals surface area (Å²) >= 11 is 0. The van der Waals surface area contributed by atoms with Crippen molar-refractivity contribution in [1.29, 1.82) is 0 Å². The van der Waals surface area contributed by atoms with Gasteiger partial charge in [-0.15, -0.1) is 5.10 Å². The molecule has 1 aromatic heterocycles. The molecular weight excluding hydrogens is 356 g/mol. The molecule has 2 aromatic carbocycles. The fourth-order valence-corrected chi connectivity index (χ4v) is 2.64. The molecule has 0 spiro atoms. The molecule has 0 aliphatic heterocycles. The van der Waals surface area contributed by atoms with Crippen LogP contribution in [-0.4, -0.2) is 38.1 Å². The summed E-state index contributed by atoms with van der Waals surface area (Å²) in [5, 5.41) is 16.7. The molecule has 0 unspecified atom stereocenters. The number of aryl methyl sites for hydroxylation is 1. The fourth-order valence-electron chi connectivity index (χ4n) is 2.64. The highest BCUT2D eigenvalue weighted by molar-refractivity contribution is 6.05. The van der Waals surface area contributed by atoms with Crippen molar-refractivity contribution in [2.45, 2.75) is 33.4 Å². The molecule has 0 atom stereocenters. The zero-order chi connectivity index (χ0) is 20.1. The molecule has 2 N–H and O–H groups in total. The van der Waals surface area contributed by atoms with Crippen molar-refractivity contribution >= 4 is 17.5 Å². The molecule has 0 saturated carbocycles. The summed E-state index contributed by atoms with van der Waals surface area (Å²) in [6, 6.07) is 12.5. The third kappa shape index (κ3) is 4.79. The highest BCUT2D eigenvalue weighted by Crippen LogP contribution is 2.18. The Balaban J connectivity index is 1.71. The van der Waals surface area contributed by atoms with Crippen molar-refractivity contribution in [3.63, 3.8) is 0 Å². The lowest BCUT2D eigenvalue weighted by molar-refractivity contribution is 0.0941. The highest BCUT2D eigenvalue weighted by Gasteiger charge is 2.12. The Bertz CT molecular complexity index is 965. The second-order valence-corrected chi connectivity index (χ2v) is 6.82. The minimum Gasteiger partial charge on any atom is -0.350 e. The first-order chi connectivity index (χ1) is 13.4. The lowest BCUT2D eigenvalue weighted by atomic mass is 10.1. The van der Waals surface area contributed by atoms with E-state index in [1.807, 2.05) is 39.0 Å². The Kier molecular flexibility index (Phi) is 5.78. The Morgan fingerprint density at radius 2 is 1.75 bits per heavy atom. The first-order valence-electron chi connectivity index (χ1n) is 8.95. The van der Waals surface area contributed by atoms with Gasteiger partial charge < -0.3 is 10.6 Å². The predicted molar refractivity (Wildman–Crippen MR) is 105 cm³/mol. The van der Waals surface area contributed by atoms with Crippen molar-refractivity contribution in [2.24, 2.45) is 0 Å². The molecule has 28 heavy (non-hydrogen) atoms. The van der Waals surface area contributed by atoms with Gasteiger partial charge in [-0.2, -0.15) is 0 Å². The van der Waals surface area contributed by atoms with Gasteiger partial charge in [0.2, 0.25) is 0 Å². The third-order valence-electron chi connectivity index (χ3n) is 4.12. The van der Waals surface area contributed by atoms with Gasteiger partial charge in [-0.25, -0.2) is 4.68 Å². The van der Waals surface area contributed by atoms with E-state index >= 15 is 0 Å². The smallest absolute Gasteiger partial charge is 0.255 e. The monoisotopic (exact) mass is 378 g/mol. The van der Waals surface area contributed by atoms with Crippen molar-refractivity contribution in [1.82, 2.24) is 25.5 Å². The fraction of sp³-hybridized carbons (Fsp3) is 0.250. The molecule has 3 rings (SSSR count). The summed E-state index contributed by atoms with van der Waals surface area (Å²) in [6.45, 7) is 6.21. The van der Waals surface area contributed by atoms with Crippen molar-refractivity contribution in [3.05, 3.63) is 71.0 Å². The summed E-state index contributed by atoms with van der Waals surface area (Å²) in [5.41, 5.74) is 3.50. The number of hydrogen-bond donors (Lipinski definition) is 2. The summed E-state index contributed by atoms with van der Waals surface area (Å²) in [5.74, 6) is -0.407. The van der Waals surface area contributed by atoms with E-state index in [2.05, 4.69) is 26.2 Å². The van der Waals surface area contributed by atoms with Crippen LogP contribution >= 0.6 is 0 Å². The molecule has 3 aromatic rings. The molecular formula is C20H22N6O2. The van der Waals surface area contributed by atoms with Crippen LogP contribution in [0.1, 0.15) is 45.7 Å². The molecule has 8 nitrogen and oxygen atoms in total. The van der Waals surface area contributed by atoms with Crippen LogP contribution < -0.4 is 10.6 Å². The number of rotatable bonds is 6. The zero-order valence-corrected chi connectivity index (χ0v) is 16.0. The van der Waals surface area contributed by atoms with Gasteiger partial charge >= 0.3 is 0 Å². The van der Waals surface area contributed by atoms with Crippen LogP contribution in [0, 0.1) is 6.92 Å². The van der Waals surface area contributed by atoms with Gasteiger partial charge in [0.25, 0.3) is 11.8 Å². The van der Waals surface area contributed by atoms with Gasteiger partial charge in [0.15, 0.2) is 0 Å². The van der Waals surface area contributed by atoms with Gasteiger partial charge in [-0.05, 0) is 66.6 Å². The van der Waals surface area contributed by atoms with Crippen LogP contribution in [0.5, 0.6) is 0 Å². The van der Waals surface area contributed by atoms with Crippen molar-refractivity contribution in [3.8, 4) is 0 Å². The number of aromatic nitrogens is 4. The Hall–Kier alpha value is -3.55. The van der Waals surface area contributed by atoms with Crippen molar-refractivity contribution < 1.29 is 9.59 Å². The standard InChI is InChI=1S/C20H22N6O2/c1-13(2)22-20(28)17-7-4-14(3)18(10-17)23-19(27)16-8-5-15(6-9-16)11-26-12-21-24-25-26/h4-10,12-13H,11H2,1-3H3,(H,22,28)(H,23,27). The number of nitrogens with zero attached hydrogens (tertiary/aromatic N) is 4. The molecule has 0 aliphatic rings. The number of anilines is 1. The van der Waals surface area contributed by atoms with Crippen molar-refractivity contribution in [2.75, 3.05) is 5.32 Å². The number of hydrogen-bond acceptors (Lipinski definition) is 5. The second kappa shape index (κ2) is 8.43. The van der Waals surface area contributed by atoms with E-state index in [-0.39, 0.29) is 17.9 Å².